The Bertz CT molecular complexity index is 1270. The van der Waals surface area contributed by atoms with Gasteiger partial charge in [-0.25, -0.2) is 4.57 Å². The summed E-state index contributed by atoms with van der Waals surface area (Å²) >= 11 is 0. The zero-order valence-corrected chi connectivity index (χ0v) is 42.3. The van der Waals surface area contributed by atoms with Crippen LogP contribution in [0.25, 0.3) is 0 Å². The van der Waals surface area contributed by atoms with E-state index in [1.54, 1.807) is 6.08 Å². The minimum Gasteiger partial charge on any atom is -0.393 e. The van der Waals surface area contributed by atoms with Crippen molar-refractivity contribution in [3.63, 3.8) is 0 Å². The van der Waals surface area contributed by atoms with Gasteiger partial charge in [0.15, 0.2) is 0 Å². The van der Waals surface area contributed by atoms with Gasteiger partial charge in [-0.2, -0.15) is 0 Å². The van der Waals surface area contributed by atoms with Gasteiger partial charge in [-0.3, -0.25) is 13.8 Å². The highest BCUT2D eigenvalue weighted by atomic mass is 31.2. The molecule has 13 nitrogen and oxygen atoms in total. The molecule has 0 heterocycles. The third-order valence-electron chi connectivity index (χ3n) is 12.7. The molecule has 1 aliphatic carbocycles. The van der Waals surface area contributed by atoms with Crippen molar-refractivity contribution in [1.82, 2.24) is 5.32 Å². The fourth-order valence-corrected chi connectivity index (χ4v) is 9.34. The lowest BCUT2D eigenvalue weighted by atomic mass is 9.85. The molecule has 9 N–H and O–H groups in total. The predicted octanol–water partition coefficient (Wildman–Crippen LogP) is 10.1. The molecule has 66 heavy (non-hydrogen) atoms. The highest BCUT2D eigenvalue weighted by Gasteiger charge is 2.51. The molecule has 0 radical (unpaired) electrons. The van der Waals surface area contributed by atoms with E-state index in [1.807, 2.05) is 0 Å². The molecular formula is C52H98NO12P. The van der Waals surface area contributed by atoms with Crippen LogP contribution in [0.3, 0.4) is 0 Å². The van der Waals surface area contributed by atoms with Crippen molar-refractivity contribution in [2.24, 2.45) is 0 Å². The number of aliphatic hydroxyl groups excluding tert-OH is 7. The fourth-order valence-electron chi connectivity index (χ4n) is 8.37. The van der Waals surface area contributed by atoms with Gasteiger partial charge in [-0.15, -0.1) is 0 Å². The first-order chi connectivity index (χ1) is 31.8. The lowest BCUT2D eigenvalue weighted by Crippen LogP contribution is -2.64. The van der Waals surface area contributed by atoms with Crippen molar-refractivity contribution in [2.45, 2.75) is 281 Å². The molecule has 8 unspecified atom stereocenters. The maximum absolute atomic E-state index is 13.0. The van der Waals surface area contributed by atoms with Crippen LogP contribution in [0.2, 0.25) is 0 Å². The number of carbonyl (C=O) groups is 1. The third kappa shape index (κ3) is 32.4. The van der Waals surface area contributed by atoms with E-state index in [1.165, 1.54) is 134 Å². The number of aliphatic hydroxyl groups is 7. The van der Waals surface area contributed by atoms with Gasteiger partial charge >= 0.3 is 7.82 Å². The topological polar surface area (TPSA) is 226 Å². The molecule has 1 rings (SSSR count). The van der Waals surface area contributed by atoms with E-state index in [2.05, 4.69) is 43.5 Å². The standard InChI is InChI=1S/C52H98NO12P/c1-3-5-7-9-11-13-15-17-19-21-23-25-27-29-31-33-35-37-39-43(54)41-46(56)53-44(42-64-66(62,63)65-52-50(60)48(58)47(57)49(59)51(52)61)45(55)40-38-36-34-32-30-28-26-24-22-20-18-16-14-12-10-8-6-4-2/h23,25,30,32,38,40,43-45,47-52,54-55,57-61H,3-22,24,26-29,31,33-37,39,41-42H2,1-2H3,(H,53,56)(H,62,63)/b25-23-,32-30+,40-38+. The first-order valence-corrected chi connectivity index (χ1v) is 28.0. The number of hydrogen-bond donors (Lipinski definition) is 9. The van der Waals surface area contributed by atoms with Gasteiger partial charge in [0.25, 0.3) is 0 Å². The molecule has 1 saturated carbocycles. The summed E-state index contributed by atoms with van der Waals surface area (Å²) in [6, 6.07) is -1.26. The molecule has 0 bridgehead atoms. The van der Waals surface area contributed by atoms with Crippen molar-refractivity contribution in [3.8, 4) is 0 Å². The van der Waals surface area contributed by atoms with E-state index in [4.69, 9.17) is 9.05 Å². The number of unbranched alkanes of at least 4 members (excludes halogenated alkanes) is 27. The third-order valence-corrected chi connectivity index (χ3v) is 13.7. The summed E-state index contributed by atoms with van der Waals surface area (Å²) in [5.74, 6) is -0.606. The molecule has 0 saturated heterocycles. The zero-order valence-electron chi connectivity index (χ0n) is 41.4. The van der Waals surface area contributed by atoms with Gasteiger partial charge in [0.2, 0.25) is 5.91 Å². The van der Waals surface area contributed by atoms with E-state index < -0.39 is 75.2 Å². The molecule has 0 spiro atoms. The number of allylic oxidation sites excluding steroid dienone is 5. The lowest BCUT2D eigenvalue weighted by Gasteiger charge is -2.41. The minimum absolute atomic E-state index is 0.257. The van der Waals surface area contributed by atoms with E-state index in [9.17, 15) is 50.0 Å². The highest BCUT2D eigenvalue weighted by Crippen LogP contribution is 2.47. The fraction of sp³-hybridized carbons (Fsp3) is 0.865. The Hall–Kier alpha value is -1.48. The second-order valence-corrected chi connectivity index (χ2v) is 20.3. The number of rotatable bonds is 44. The molecule has 8 atom stereocenters. The lowest BCUT2D eigenvalue weighted by molar-refractivity contribution is -0.220. The summed E-state index contributed by atoms with van der Waals surface area (Å²) in [6.07, 6.45) is 35.1. The number of hydrogen-bond acceptors (Lipinski definition) is 11. The average Bonchev–Trinajstić information content (AvgIpc) is 3.29. The maximum atomic E-state index is 13.0. The number of nitrogens with one attached hydrogen (secondary N) is 1. The number of phosphoric ester groups is 1. The van der Waals surface area contributed by atoms with Crippen LogP contribution in [0, 0.1) is 0 Å². The van der Waals surface area contributed by atoms with Crippen LogP contribution < -0.4 is 5.32 Å². The average molecular weight is 960 g/mol. The van der Waals surface area contributed by atoms with Gasteiger partial charge in [-0.1, -0.05) is 198 Å². The predicted molar refractivity (Wildman–Crippen MR) is 266 cm³/mol. The van der Waals surface area contributed by atoms with Crippen LogP contribution >= 0.6 is 7.82 Å². The quantitative estimate of drug-likeness (QED) is 0.0158. The summed E-state index contributed by atoms with van der Waals surface area (Å²) in [4.78, 5) is 23.5. The molecule has 0 aromatic carbocycles. The molecule has 1 amide bonds. The Morgan fingerprint density at radius 2 is 0.894 bits per heavy atom. The molecular weight excluding hydrogens is 862 g/mol. The first-order valence-electron chi connectivity index (χ1n) is 26.5. The van der Waals surface area contributed by atoms with E-state index in [0.717, 1.165) is 64.2 Å². The molecule has 1 fully saturated rings. The number of carbonyl (C=O) groups excluding carboxylic acids is 1. The first kappa shape index (κ1) is 62.5. The van der Waals surface area contributed by atoms with Gasteiger partial charge in [-0.05, 0) is 57.8 Å². The Morgan fingerprint density at radius 3 is 1.33 bits per heavy atom. The van der Waals surface area contributed by atoms with Crippen LogP contribution in [-0.4, -0.2) is 108 Å². The molecule has 0 aromatic heterocycles. The minimum atomic E-state index is -5.16. The van der Waals surface area contributed by atoms with E-state index in [0.29, 0.717) is 12.8 Å². The van der Waals surface area contributed by atoms with E-state index >= 15 is 0 Å². The summed E-state index contributed by atoms with van der Waals surface area (Å²) in [6.45, 7) is 3.75. The Morgan fingerprint density at radius 1 is 0.530 bits per heavy atom. The molecule has 1 aliphatic rings. The second kappa shape index (κ2) is 41.3. The van der Waals surface area contributed by atoms with Crippen LogP contribution in [0.1, 0.15) is 226 Å². The molecule has 0 aromatic rings. The summed E-state index contributed by atoms with van der Waals surface area (Å²) in [5, 5.41) is 74.7. The Labute approximate surface area is 400 Å². The number of amides is 1. The van der Waals surface area contributed by atoms with Crippen LogP contribution in [0.5, 0.6) is 0 Å². The van der Waals surface area contributed by atoms with Crippen LogP contribution in [0.15, 0.2) is 36.5 Å². The second-order valence-electron chi connectivity index (χ2n) is 18.9. The van der Waals surface area contributed by atoms with Crippen molar-refractivity contribution < 1.29 is 59.0 Å². The van der Waals surface area contributed by atoms with Crippen LogP contribution in [0.4, 0.5) is 0 Å². The molecule has 0 aliphatic heterocycles. The summed E-state index contributed by atoms with van der Waals surface area (Å²) in [5.41, 5.74) is 0. The summed E-state index contributed by atoms with van der Waals surface area (Å²) in [7, 11) is -5.16. The Kier molecular flexibility index (Phi) is 39.1. The van der Waals surface area contributed by atoms with Crippen molar-refractivity contribution >= 4 is 13.7 Å². The van der Waals surface area contributed by atoms with Crippen LogP contribution in [-0.2, 0) is 18.4 Å². The molecule has 388 valence electrons. The monoisotopic (exact) mass is 960 g/mol. The summed E-state index contributed by atoms with van der Waals surface area (Å²) < 4.78 is 22.9. The van der Waals surface area contributed by atoms with Gasteiger partial charge in [0, 0.05) is 0 Å². The largest absolute Gasteiger partial charge is 0.472 e. The normalized spacial score (nSPS) is 22.6. The molecule has 14 heteroatoms. The van der Waals surface area contributed by atoms with Gasteiger partial charge in [0.1, 0.15) is 36.6 Å². The van der Waals surface area contributed by atoms with Gasteiger partial charge in [0.05, 0.1) is 31.3 Å². The SMILES string of the molecule is CCCCCCCCCCC/C=C\CCCCCCCC(O)CC(=O)NC(COP(=O)(O)OC1C(O)C(O)C(O)C(O)C1O)C(O)/C=C/CC/C=C/CCCCCCCCCCCCCC. The van der Waals surface area contributed by atoms with Crippen molar-refractivity contribution in [1.29, 1.82) is 0 Å². The zero-order chi connectivity index (χ0) is 48.7. The van der Waals surface area contributed by atoms with Gasteiger partial charge < -0.3 is 46.0 Å². The van der Waals surface area contributed by atoms with Crippen molar-refractivity contribution in [3.05, 3.63) is 36.5 Å². The highest BCUT2D eigenvalue weighted by molar-refractivity contribution is 7.47. The number of phosphoric acid groups is 1. The van der Waals surface area contributed by atoms with Crippen molar-refractivity contribution in [2.75, 3.05) is 6.61 Å². The van der Waals surface area contributed by atoms with E-state index in [-0.39, 0.29) is 6.42 Å². The smallest absolute Gasteiger partial charge is 0.393 e. The maximum Gasteiger partial charge on any atom is 0.472 e. The Balaban J connectivity index is 2.50.